The molecule has 0 unspecified atom stereocenters. The fraction of sp³-hybridized carbons (Fsp3) is 0. The third-order valence-electron chi connectivity index (χ3n) is 2.97. The second-order valence-corrected chi connectivity index (χ2v) is 7.72. The van der Waals surface area contributed by atoms with Gasteiger partial charge in [0.15, 0.2) is 0 Å². The minimum atomic E-state index is -0.462. The number of rotatable bonds is 3. The summed E-state index contributed by atoms with van der Waals surface area (Å²) in [6.45, 7) is 0. The van der Waals surface area contributed by atoms with Crippen molar-refractivity contribution in [2.75, 3.05) is 0 Å². The van der Waals surface area contributed by atoms with E-state index in [2.05, 4.69) is 5.32 Å². The first-order valence-corrected chi connectivity index (χ1v) is 8.65. The molecule has 1 N–H and O–H groups in total. The summed E-state index contributed by atoms with van der Waals surface area (Å²) in [5.74, 6) is -0.219. The number of thiophene rings is 1. The zero-order valence-electron chi connectivity index (χ0n) is 11.2. The van der Waals surface area contributed by atoms with E-state index in [0.717, 1.165) is 9.75 Å². The monoisotopic (exact) mass is 382 g/mol. The van der Waals surface area contributed by atoms with Crippen LogP contribution in [0.25, 0.3) is 16.5 Å². The molecule has 0 atom stereocenters. The van der Waals surface area contributed by atoms with Crippen molar-refractivity contribution < 1.29 is 9.72 Å². The lowest BCUT2D eigenvalue weighted by atomic mass is 10.1. The van der Waals surface area contributed by atoms with Crippen molar-refractivity contribution in [2.45, 2.75) is 0 Å². The van der Waals surface area contributed by atoms with Gasteiger partial charge in [0.25, 0.3) is 11.6 Å². The van der Waals surface area contributed by atoms with Gasteiger partial charge in [-0.05, 0) is 24.3 Å². The summed E-state index contributed by atoms with van der Waals surface area (Å²) in [5.41, 5.74) is 0.573. The molecule has 9 heteroatoms. The Morgan fingerprint density at radius 1 is 1.30 bits per heavy atom. The van der Waals surface area contributed by atoms with Crippen molar-refractivity contribution in [3.05, 3.63) is 55.3 Å². The number of nitro groups is 1. The molecule has 5 nitrogen and oxygen atoms in total. The quantitative estimate of drug-likeness (QED) is 0.367. The Bertz CT molecular complexity index is 876. The van der Waals surface area contributed by atoms with Gasteiger partial charge in [-0.25, -0.2) is 0 Å². The Hall–Kier alpha value is -1.74. The lowest BCUT2D eigenvalue weighted by Gasteiger charge is -2.01. The largest absolute Gasteiger partial charge is 0.307 e. The number of hydrogen-bond acceptors (Lipinski definition) is 6. The molecule has 1 amide bonds. The fourth-order valence-corrected chi connectivity index (χ4v) is 4.31. The first kappa shape index (κ1) is 16.1. The molecule has 2 aromatic rings. The molecule has 23 heavy (non-hydrogen) atoms. The SMILES string of the molecule is O=C1NC(=S)S/C1=C\c1ccc(-c2cc([N+](=O)[O-])ccc2Cl)s1. The van der Waals surface area contributed by atoms with Crippen LogP contribution in [0.4, 0.5) is 5.69 Å². The number of amides is 1. The number of carbonyl (C=O) groups excluding carboxylic acids is 1. The van der Waals surface area contributed by atoms with Crippen LogP contribution in [-0.4, -0.2) is 15.2 Å². The van der Waals surface area contributed by atoms with Crippen LogP contribution in [0.5, 0.6) is 0 Å². The van der Waals surface area contributed by atoms with E-state index < -0.39 is 4.92 Å². The first-order valence-electron chi connectivity index (χ1n) is 6.23. The van der Waals surface area contributed by atoms with Gasteiger partial charge in [0.1, 0.15) is 4.32 Å². The number of non-ortho nitro benzene ring substituents is 1. The summed E-state index contributed by atoms with van der Waals surface area (Å²) >= 11 is 13.7. The lowest BCUT2D eigenvalue weighted by Crippen LogP contribution is -2.17. The number of benzene rings is 1. The summed E-state index contributed by atoms with van der Waals surface area (Å²) in [6.07, 6.45) is 1.73. The van der Waals surface area contributed by atoms with E-state index in [-0.39, 0.29) is 11.6 Å². The van der Waals surface area contributed by atoms with Crippen LogP contribution in [-0.2, 0) is 4.79 Å². The van der Waals surface area contributed by atoms with E-state index in [4.69, 9.17) is 23.8 Å². The second-order valence-electron chi connectivity index (χ2n) is 4.48. The van der Waals surface area contributed by atoms with Crippen molar-refractivity contribution in [1.82, 2.24) is 5.32 Å². The summed E-state index contributed by atoms with van der Waals surface area (Å²) in [4.78, 5) is 24.2. The van der Waals surface area contributed by atoms with Gasteiger partial charge in [-0.2, -0.15) is 0 Å². The minimum Gasteiger partial charge on any atom is -0.307 e. The maximum absolute atomic E-state index is 11.7. The topological polar surface area (TPSA) is 72.2 Å². The molecule has 116 valence electrons. The number of hydrogen-bond donors (Lipinski definition) is 1. The minimum absolute atomic E-state index is 0.0196. The third kappa shape index (κ3) is 3.45. The van der Waals surface area contributed by atoms with Crippen LogP contribution >= 0.6 is 46.9 Å². The molecule has 0 radical (unpaired) electrons. The molecule has 1 aromatic carbocycles. The van der Waals surface area contributed by atoms with Crippen LogP contribution in [0, 0.1) is 10.1 Å². The van der Waals surface area contributed by atoms with E-state index in [1.807, 2.05) is 12.1 Å². The van der Waals surface area contributed by atoms with Crippen molar-refractivity contribution in [2.24, 2.45) is 0 Å². The third-order valence-corrected chi connectivity index (χ3v) is 5.53. The van der Waals surface area contributed by atoms with Crippen molar-refractivity contribution in [3.63, 3.8) is 0 Å². The molecule has 1 saturated heterocycles. The van der Waals surface area contributed by atoms with Crippen LogP contribution < -0.4 is 5.32 Å². The van der Waals surface area contributed by atoms with Crippen LogP contribution in [0.2, 0.25) is 5.02 Å². The molecule has 2 heterocycles. The highest BCUT2D eigenvalue weighted by Gasteiger charge is 2.22. The standard InChI is InChI=1S/C14H7ClN2O3S3/c15-10-3-1-7(17(19)20)5-9(10)11-4-2-8(22-11)6-12-13(18)16-14(21)23-12/h1-6H,(H,16,18,21)/b12-6-. The maximum atomic E-state index is 11.7. The fourth-order valence-electron chi connectivity index (χ4n) is 1.94. The van der Waals surface area contributed by atoms with Crippen molar-refractivity contribution in [1.29, 1.82) is 0 Å². The molecule has 1 aliphatic rings. The van der Waals surface area contributed by atoms with Gasteiger partial charge in [0, 0.05) is 32.5 Å². The van der Waals surface area contributed by atoms with Gasteiger partial charge >= 0.3 is 0 Å². The number of halogens is 1. The first-order chi connectivity index (χ1) is 10.9. The Labute approximate surface area is 149 Å². The van der Waals surface area contributed by atoms with Gasteiger partial charge in [0.05, 0.1) is 9.83 Å². The van der Waals surface area contributed by atoms with E-state index in [0.29, 0.717) is 19.8 Å². The summed E-state index contributed by atoms with van der Waals surface area (Å²) in [6, 6.07) is 7.96. The maximum Gasteiger partial charge on any atom is 0.270 e. The van der Waals surface area contributed by atoms with Crippen LogP contribution in [0.1, 0.15) is 4.88 Å². The number of nitro benzene ring substituents is 1. The number of thiocarbonyl (C=S) groups is 1. The zero-order chi connectivity index (χ0) is 16.6. The molecular weight excluding hydrogens is 376 g/mol. The number of nitrogens with zero attached hydrogens (tertiary/aromatic N) is 1. The summed E-state index contributed by atoms with van der Waals surface area (Å²) < 4.78 is 0.430. The number of thioether (sulfide) groups is 1. The van der Waals surface area contributed by atoms with Gasteiger partial charge < -0.3 is 5.32 Å². The molecule has 0 aliphatic carbocycles. The predicted octanol–water partition coefficient (Wildman–Crippen LogP) is 4.47. The van der Waals surface area contributed by atoms with Gasteiger partial charge in [-0.15, -0.1) is 11.3 Å². The highest BCUT2D eigenvalue weighted by molar-refractivity contribution is 8.26. The van der Waals surface area contributed by atoms with E-state index in [1.165, 1.54) is 41.3 Å². The molecule has 1 fully saturated rings. The van der Waals surface area contributed by atoms with E-state index >= 15 is 0 Å². The molecule has 1 aliphatic heterocycles. The average Bonchev–Trinajstić information content (AvgIpc) is 3.06. The Balaban J connectivity index is 1.95. The van der Waals surface area contributed by atoms with Gasteiger partial charge in [-0.3, -0.25) is 14.9 Å². The molecular formula is C14H7ClN2O3S3. The van der Waals surface area contributed by atoms with E-state index in [1.54, 1.807) is 6.08 Å². The number of carbonyl (C=O) groups is 1. The van der Waals surface area contributed by atoms with E-state index in [9.17, 15) is 14.9 Å². The predicted molar refractivity (Wildman–Crippen MR) is 97.7 cm³/mol. The Morgan fingerprint density at radius 2 is 2.09 bits per heavy atom. The average molecular weight is 383 g/mol. The highest BCUT2D eigenvalue weighted by atomic mass is 35.5. The molecule has 3 rings (SSSR count). The Kier molecular flexibility index (Phi) is 4.49. The molecule has 1 aromatic heterocycles. The molecule has 0 spiro atoms. The molecule has 0 saturated carbocycles. The second kappa shape index (κ2) is 6.40. The van der Waals surface area contributed by atoms with Gasteiger partial charge in [-0.1, -0.05) is 35.6 Å². The zero-order valence-corrected chi connectivity index (χ0v) is 14.4. The van der Waals surface area contributed by atoms with Gasteiger partial charge in [0.2, 0.25) is 0 Å². The summed E-state index contributed by atoms with van der Waals surface area (Å²) in [7, 11) is 0. The van der Waals surface area contributed by atoms with Crippen molar-refractivity contribution >= 4 is 68.9 Å². The Morgan fingerprint density at radius 3 is 2.74 bits per heavy atom. The smallest absolute Gasteiger partial charge is 0.270 e. The normalized spacial score (nSPS) is 16.0. The lowest BCUT2D eigenvalue weighted by molar-refractivity contribution is -0.384. The molecule has 0 bridgehead atoms. The van der Waals surface area contributed by atoms with Crippen LogP contribution in [0.15, 0.2) is 35.2 Å². The summed E-state index contributed by atoms with van der Waals surface area (Å²) in [5, 5.41) is 13.9. The van der Waals surface area contributed by atoms with Crippen molar-refractivity contribution in [3.8, 4) is 10.4 Å². The highest BCUT2D eigenvalue weighted by Crippen LogP contribution is 2.37. The number of nitrogens with one attached hydrogen (secondary N) is 1. The van der Waals surface area contributed by atoms with Crippen LogP contribution in [0.3, 0.4) is 0 Å².